The number of carbonyl (C=O) groups is 2. The zero-order valence-corrected chi connectivity index (χ0v) is 18.8. The molecule has 0 aliphatic carbocycles. The molecule has 2 aromatic heterocycles. The number of anilines is 1. The monoisotopic (exact) mass is 445 g/mol. The Morgan fingerprint density at radius 3 is 2.67 bits per heavy atom. The van der Waals surface area contributed by atoms with Crippen molar-refractivity contribution >= 4 is 17.5 Å². The van der Waals surface area contributed by atoms with Gasteiger partial charge in [-0.15, -0.1) is 0 Å². The average Bonchev–Trinajstić information content (AvgIpc) is 2.85. The van der Waals surface area contributed by atoms with Gasteiger partial charge in [-0.05, 0) is 56.2 Å². The number of aryl methyl sites for hydroxylation is 1. The van der Waals surface area contributed by atoms with E-state index in [2.05, 4.69) is 20.3 Å². The molecule has 33 heavy (non-hydrogen) atoms. The first kappa shape index (κ1) is 22.4. The first-order valence-corrected chi connectivity index (χ1v) is 11.0. The molecule has 1 aliphatic heterocycles. The minimum atomic E-state index is -0.264. The first-order chi connectivity index (χ1) is 16.0. The Morgan fingerprint density at radius 2 is 1.97 bits per heavy atom. The number of hydrogen-bond donors (Lipinski definition) is 1. The summed E-state index contributed by atoms with van der Waals surface area (Å²) in [4.78, 5) is 40.7. The van der Waals surface area contributed by atoms with Gasteiger partial charge in [-0.3, -0.25) is 14.6 Å². The summed E-state index contributed by atoms with van der Waals surface area (Å²) in [5, 5.41) is 2.86. The maximum atomic E-state index is 12.8. The summed E-state index contributed by atoms with van der Waals surface area (Å²) in [6.45, 7) is 3.10. The molecule has 0 saturated carbocycles. The molecule has 0 radical (unpaired) electrons. The number of hydrogen-bond acceptors (Lipinski definition) is 6. The van der Waals surface area contributed by atoms with Crippen molar-refractivity contribution in [3.63, 3.8) is 0 Å². The third kappa shape index (κ3) is 5.52. The van der Waals surface area contributed by atoms with Crippen LogP contribution in [0.25, 0.3) is 0 Å². The lowest BCUT2D eigenvalue weighted by Gasteiger charge is -2.32. The number of amides is 2. The van der Waals surface area contributed by atoms with E-state index in [-0.39, 0.29) is 24.2 Å². The van der Waals surface area contributed by atoms with Crippen LogP contribution in [-0.2, 0) is 11.2 Å². The summed E-state index contributed by atoms with van der Waals surface area (Å²) in [7, 11) is 1.60. The van der Waals surface area contributed by atoms with Crippen LogP contribution in [-0.4, -0.2) is 51.9 Å². The minimum Gasteiger partial charge on any atom is -0.497 e. The fraction of sp³-hybridized carbons (Fsp3) is 0.320. The molecule has 0 spiro atoms. The van der Waals surface area contributed by atoms with Crippen LogP contribution in [0.2, 0.25) is 0 Å². The summed E-state index contributed by atoms with van der Waals surface area (Å²) >= 11 is 0. The molecular weight excluding hydrogens is 418 g/mol. The van der Waals surface area contributed by atoms with Crippen LogP contribution in [0.3, 0.4) is 0 Å². The van der Waals surface area contributed by atoms with Gasteiger partial charge in [-0.25, -0.2) is 9.97 Å². The number of nitrogens with zero attached hydrogens (tertiary/aromatic N) is 4. The first-order valence-electron chi connectivity index (χ1n) is 11.0. The average molecular weight is 446 g/mol. The highest BCUT2D eigenvalue weighted by molar-refractivity contribution is 6.04. The van der Waals surface area contributed by atoms with Gasteiger partial charge in [0, 0.05) is 42.8 Å². The van der Waals surface area contributed by atoms with Gasteiger partial charge in [0.25, 0.3) is 5.91 Å². The molecule has 1 saturated heterocycles. The summed E-state index contributed by atoms with van der Waals surface area (Å²) < 4.78 is 5.14. The number of ether oxygens (including phenoxy) is 1. The van der Waals surface area contributed by atoms with E-state index in [0.29, 0.717) is 29.3 Å². The van der Waals surface area contributed by atoms with Crippen molar-refractivity contribution in [3.8, 4) is 5.75 Å². The number of likely N-dealkylation sites (tertiary alicyclic amines) is 1. The van der Waals surface area contributed by atoms with Gasteiger partial charge in [0.15, 0.2) is 0 Å². The molecule has 3 aromatic rings. The van der Waals surface area contributed by atoms with Crippen molar-refractivity contribution in [2.75, 3.05) is 25.5 Å². The number of carbonyl (C=O) groups excluding carboxylic acids is 2. The molecule has 1 aromatic carbocycles. The highest BCUT2D eigenvalue weighted by Gasteiger charge is 2.27. The van der Waals surface area contributed by atoms with Crippen LogP contribution < -0.4 is 10.1 Å². The van der Waals surface area contributed by atoms with Crippen molar-refractivity contribution < 1.29 is 14.3 Å². The van der Waals surface area contributed by atoms with Crippen LogP contribution in [0, 0.1) is 6.92 Å². The van der Waals surface area contributed by atoms with Crippen LogP contribution in [0.4, 0.5) is 5.69 Å². The molecular formula is C25H27N5O3. The highest BCUT2D eigenvalue weighted by Crippen LogP contribution is 2.25. The number of pyridine rings is 1. The molecule has 0 bridgehead atoms. The van der Waals surface area contributed by atoms with Crippen molar-refractivity contribution in [2.24, 2.45) is 0 Å². The summed E-state index contributed by atoms with van der Waals surface area (Å²) in [6, 6.07) is 12.7. The molecule has 1 fully saturated rings. The number of aromatic nitrogens is 3. The van der Waals surface area contributed by atoms with Gasteiger partial charge in [-0.2, -0.15) is 0 Å². The van der Waals surface area contributed by atoms with Gasteiger partial charge in [0.1, 0.15) is 11.6 Å². The number of benzene rings is 1. The number of piperidine rings is 1. The van der Waals surface area contributed by atoms with Gasteiger partial charge in [0.05, 0.1) is 24.8 Å². The fourth-order valence-corrected chi connectivity index (χ4v) is 3.96. The van der Waals surface area contributed by atoms with Crippen molar-refractivity contribution in [2.45, 2.75) is 32.1 Å². The van der Waals surface area contributed by atoms with Crippen LogP contribution in [0.15, 0.2) is 54.9 Å². The maximum Gasteiger partial charge on any atom is 0.259 e. The van der Waals surface area contributed by atoms with Crippen LogP contribution in [0.5, 0.6) is 5.75 Å². The SMILES string of the molecule is COc1ccc(NC(=O)c2cnc(C3CCCN(C(=O)Cc4ccccn4)C3)nc2C)cc1. The maximum absolute atomic E-state index is 12.8. The Morgan fingerprint density at radius 1 is 1.15 bits per heavy atom. The second kappa shape index (κ2) is 10.2. The van der Waals surface area contributed by atoms with E-state index in [0.717, 1.165) is 30.8 Å². The molecule has 2 amide bonds. The Balaban J connectivity index is 1.41. The lowest BCUT2D eigenvalue weighted by molar-refractivity contribution is -0.131. The van der Waals surface area contributed by atoms with Crippen LogP contribution in [0.1, 0.15) is 46.3 Å². The molecule has 8 heteroatoms. The standard InChI is InChI=1S/C25H27N5O3/c1-17-22(25(32)29-19-8-10-21(33-2)11-9-19)15-27-24(28-17)18-6-5-13-30(16-18)23(31)14-20-7-3-4-12-26-20/h3-4,7-12,15,18H,5-6,13-14,16H2,1-2H3,(H,29,32). The molecule has 4 rings (SSSR count). The predicted molar refractivity (Wildman–Crippen MR) is 124 cm³/mol. The third-order valence-electron chi connectivity index (χ3n) is 5.79. The van der Waals surface area contributed by atoms with Gasteiger partial charge < -0.3 is 15.0 Å². The Kier molecular flexibility index (Phi) is 6.92. The molecule has 1 N–H and O–H groups in total. The Labute approximate surface area is 193 Å². The molecule has 1 unspecified atom stereocenters. The number of nitrogens with one attached hydrogen (secondary N) is 1. The summed E-state index contributed by atoms with van der Waals surface area (Å²) in [5.74, 6) is 1.23. The van der Waals surface area contributed by atoms with Gasteiger partial charge >= 0.3 is 0 Å². The lowest BCUT2D eigenvalue weighted by atomic mass is 9.96. The van der Waals surface area contributed by atoms with E-state index in [9.17, 15) is 9.59 Å². The third-order valence-corrected chi connectivity index (χ3v) is 5.79. The van der Waals surface area contributed by atoms with Gasteiger partial charge in [-0.1, -0.05) is 6.07 Å². The minimum absolute atomic E-state index is 0.0452. The smallest absolute Gasteiger partial charge is 0.259 e. The predicted octanol–water partition coefficient (Wildman–Crippen LogP) is 3.39. The zero-order valence-electron chi connectivity index (χ0n) is 18.8. The Bertz CT molecular complexity index is 1120. The summed E-state index contributed by atoms with van der Waals surface area (Å²) in [6.07, 6.45) is 5.36. The fourth-order valence-electron chi connectivity index (χ4n) is 3.96. The van der Waals surface area contributed by atoms with Crippen LogP contribution >= 0.6 is 0 Å². The normalized spacial score (nSPS) is 15.7. The van der Waals surface area contributed by atoms with E-state index in [1.807, 2.05) is 23.1 Å². The number of methoxy groups -OCH3 is 1. The van der Waals surface area contributed by atoms with Crippen molar-refractivity contribution in [1.82, 2.24) is 19.9 Å². The molecule has 1 aliphatic rings. The second-order valence-corrected chi connectivity index (χ2v) is 8.09. The van der Waals surface area contributed by atoms with E-state index in [1.54, 1.807) is 50.7 Å². The topological polar surface area (TPSA) is 97.3 Å². The largest absolute Gasteiger partial charge is 0.497 e. The second-order valence-electron chi connectivity index (χ2n) is 8.09. The van der Waals surface area contributed by atoms with E-state index in [4.69, 9.17) is 4.74 Å². The van der Waals surface area contributed by atoms with Crippen molar-refractivity contribution in [3.05, 3.63) is 77.6 Å². The Hall–Kier alpha value is -3.81. The molecule has 170 valence electrons. The van der Waals surface area contributed by atoms with Crippen molar-refractivity contribution in [1.29, 1.82) is 0 Å². The quantitative estimate of drug-likeness (QED) is 0.625. The molecule has 3 heterocycles. The van der Waals surface area contributed by atoms with E-state index < -0.39 is 0 Å². The van der Waals surface area contributed by atoms with E-state index >= 15 is 0 Å². The van der Waals surface area contributed by atoms with E-state index in [1.165, 1.54) is 0 Å². The summed E-state index contributed by atoms with van der Waals surface area (Å²) in [5.41, 5.74) is 2.47. The molecule has 8 nitrogen and oxygen atoms in total. The lowest BCUT2D eigenvalue weighted by Crippen LogP contribution is -2.40. The van der Waals surface area contributed by atoms with Gasteiger partial charge in [0.2, 0.25) is 5.91 Å². The zero-order chi connectivity index (χ0) is 23.2. The highest BCUT2D eigenvalue weighted by atomic mass is 16.5. The number of rotatable bonds is 6. The molecule has 1 atom stereocenters.